The highest BCUT2D eigenvalue weighted by Crippen LogP contribution is 2.31. The Balaban J connectivity index is 1.55. The Labute approximate surface area is 203 Å². The maximum absolute atomic E-state index is 12.9. The van der Waals surface area contributed by atoms with Crippen LogP contribution in [0.15, 0.2) is 53.7 Å². The number of amides is 1. The van der Waals surface area contributed by atoms with E-state index < -0.39 is 17.7 Å². The number of hydrogen-bond acceptors (Lipinski definition) is 7. The quantitative estimate of drug-likeness (QED) is 0.310. The summed E-state index contributed by atoms with van der Waals surface area (Å²) in [5.74, 6) is -0.193. The van der Waals surface area contributed by atoms with Gasteiger partial charge in [-0.25, -0.2) is 4.79 Å². The number of esters is 1. The number of carbonyl (C=O) groups is 2. The molecule has 0 fully saturated rings. The van der Waals surface area contributed by atoms with Crippen molar-refractivity contribution in [1.29, 1.82) is 0 Å². The number of aromatic nitrogens is 3. The minimum atomic E-state index is -4.46. The number of hydrogen-bond donors (Lipinski definition) is 1. The van der Waals surface area contributed by atoms with Crippen molar-refractivity contribution in [2.24, 2.45) is 0 Å². The molecule has 186 valence electrons. The van der Waals surface area contributed by atoms with Crippen LogP contribution < -0.4 is 10.1 Å². The Bertz CT molecular complexity index is 1170. The Morgan fingerprint density at radius 1 is 1.09 bits per heavy atom. The molecular formula is C23H23F3N4O4S. The fraction of sp³-hybridized carbons (Fsp3) is 0.304. The van der Waals surface area contributed by atoms with Crippen LogP contribution in [0, 0.1) is 0 Å². The summed E-state index contributed by atoms with van der Waals surface area (Å²) in [6.45, 7) is 4.24. The first kappa shape index (κ1) is 26.1. The normalized spacial score (nSPS) is 11.2. The van der Waals surface area contributed by atoms with Gasteiger partial charge in [-0.1, -0.05) is 17.8 Å². The lowest BCUT2D eigenvalue weighted by molar-refractivity contribution is -0.137. The second-order valence-corrected chi connectivity index (χ2v) is 8.03. The van der Waals surface area contributed by atoms with Gasteiger partial charge in [0.25, 0.3) is 0 Å². The molecule has 0 saturated heterocycles. The SMILES string of the molecule is CCOC(=O)c1ccc(NC(=O)CSc2nnc(COc3cccc(C(F)(F)F)c3)n2CC)cc1. The first-order valence-electron chi connectivity index (χ1n) is 10.6. The van der Waals surface area contributed by atoms with Gasteiger partial charge < -0.3 is 19.4 Å². The highest BCUT2D eigenvalue weighted by atomic mass is 32.2. The molecule has 0 saturated carbocycles. The van der Waals surface area contributed by atoms with E-state index in [-0.39, 0.29) is 30.6 Å². The van der Waals surface area contributed by atoms with E-state index in [1.54, 1.807) is 35.8 Å². The minimum Gasteiger partial charge on any atom is -0.486 e. The molecule has 1 N–H and O–H groups in total. The number of halogens is 3. The summed E-state index contributed by atoms with van der Waals surface area (Å²) in [4.78, 5) is 24.0. The van der Waals surface area contributed by atoms with Crippen LogP contribution in [0.5, 0.6) is 5.75 Å². The second kappa shape index (κ2) is 11.7. The number of ether oxygens (including phenoxy) is 2. The second-order valence-electron chi connectivity index (χ2n) is 7.09. The number of rotatable bonds is 10. The predicted octanol–water partition coefficient (Wildman–Crippen LogP) is 4.80. The lowest BCUT2D eigenvalue weighted by Gasteiger charge is -2.11. The molecule has 12 heteroatoms. The molecule has 0 aliphatic heterocycles. The van der Waals surface area contributed by atoms with Crippen molar-refractivity contribution < 1.29 is 32.2 Å². The monoisotopic (exact) mass is 508 g/mol. The van der Waals surface area contributed by atoms with Crippen molar-refractivity contribution in [2.45, 2.75) is 38.3 Å². The van der Waals surface area contributed by atoms with Crippen LogP contribution in [0.4, 0.5) is 18.9 Å². The van der Waals surface area contributed by atoms with Gasteiger partial charge in [-0.3, -0.25) is 4.79 Å². The molecule has 0 spiro atoms. The third kappa shape index (κ3) is 7.22. The summed E-state index contributed by atoms with van der Waals surface area (Å²) < 4.78 is 50.8. The minimum absolute atomic E-state index is 0.0479. The van der Waals surface area contributed by atoms with Gasteiger partial charge in [0.1, 0.15) is 12.4 Å². The lowest BCUT2D eigenvalue weighted by atomic mass is 10.2. The summed E-state index contributed by atoms with van der Waals surface area (Å²) in [5.41, 5.74) is 0.107. The summed E-state index contributed by atoms with van der Waals surface area (Å²) in [5, 5.41) is 11.3. The molecule has 0 atom stereocenters. The number of nitrogens with zero attached hydrogens (tertiary/aromatic N) is 3. The van der Waals surface area contributed by atoms with Crippen molar-refractivity contribution in [3.63, 3.8) is 0 Å². The fourth-order valence-electron chi connectivity index (χ4n) is 2.99. The van der Waals surface area contributed by atoms with Crippen LogP contribution in [-0.2, 0) is 28.9 Å². The predicted molar refractivity (Wildman–Crippen MR) is 123 cm³/mol. The zero-order chi connectivity index (χ0) is 25.4. The molecule has 1 aromatic heterocycles. The molecule has 8 nitrogen and oxygen atoms in total. The van der Waals surface area contributed by atoms with Gasteiger partial charge in [0, 0.05) is 12.2 Å². The largest absolute Gasteiger partial charge is 0.486 e. The smallest absolute Gasteiger partial charge is 0.416 e. The fourth-order valence-corrected chi connectivity index (χ4v) is 3.81. The Morgan fingerprint density at radius 2 is 1.83 bits per heavy atom. The van der Waals surface area contributed by atoms with Gasteiger partial charge >= 0.3 is 12.1 Å². The summed E-state index contributed by atoms with van der Waals surface area (Å²) >= 11 is 1.16. The van der Waals surface area contributed by atoms with Crippen LogP contribution >= 0.6 is 11.8 Å². The van der Waals surface area contributed by atoms with Crippen molar-refractivity contribution >= 4 is 29.3 Å². The third-order valence-corrected chi connectivity index (χ3v) is 5.62. The molecule has 3 rings (SSSR count). The van der Waals surface area contributed by atoms with E-state index in [9.17, 15) is 22.8 Å². The van der Waals surface area contributed by atoms with Gasteiger partial charge in [0.15, 0.2) is 11.0 Å². The molecule has 1 heterocycles. The zero-order valence-corrected chi connectivity index (χ0v) is 19.8. The van der Waals surface area contributed by atoms with Gasteiger partial charge in [0.05, 0.1) is 23.5 Å². The summed E-state index contributed by atoms with van der Waals surface area (Å²) in [6.07, 6.45) is -4.46. The first-order valence-corrected chi connectivity index (χ1v) is 11.6. The van der Waals surface area contributed by atoms with Crippen molar-refractivity contribution in [1.82, 2.24) is 14.8 Å². The Kier molecular flexibility index (Phi) is 8.74. The van der Waals surface area contributed by atoms with E-state index >= 15 is 0 Å². The van der Waals surface area contributed by atoms with E-state index in [2.05, 4.69) is 15.5 Å². The molecule has 0 bridgehead atoms. The van der Waals surface area contributed by atoms with Gasteiger partial charge in [-0.15, -0.1) is 10.2 Å². The molecule has 3 aromatic rings. The molecule has 0 unspecified atom stereocenters. The molecular weight excluding hydrogens is 485 g/mol. The Hall–Kier alpha value is -3.54. The first-order chi connectivity index (χ1) is 16.7. The highest BCUT2D eigenvalue weighted by molar-refractivity contribution is 7.99. The molecule has 35 heavy (non-hydrogen) atoms. The number of nitrogens with one attached hydrogen (secondary N) is 1. The molecule has 0 radical (unpaired) electrons. The van der Waals surface area contributed by atoms with Crippen molar-refractivity contribution in [2.75, 3.05) is 17.7 Å². The summed E-state index contributed by atoms with van der Waals surface area (Å²) in [7, 11) is 0. The van der Waals surface area contributed by atoms with Crippen LogP contribution in [0.2, 0.25) is 0 Å². The molecule has 0 aliphatic carbocycles. The van der Waals surface area contributed by atoms with Crippen LogP contribution in [0.25, 0.3) is 0 Å². The molecule has 0 aliphatic rings. The average molecular weight is 509 g/mol. The number of alkyl halides is 3. The van der Waals surface area contributed by atoms with Crippen LogP contribution in [-0.4, -0.2) is 39.0 Å². The van der Waals surface area contributed by atoms with Gasteiger partial charge in [0.2, 0.25) is 5.91 Å². The van der Waals surface area contributed by atoms with E-state index in [0.717, 1.165) is 23.9 Å². The topological polar surface area (TPSA) is 95.3 Å². The zero-order valence-electron chi connectivity index (χ0n) is 19.0. The Morgan fingerprint density at radius 3 is 2.49 bits per heavy atom. The summed E-state index contributed by atoms with van der Waals surface area (Å²) in [6, 6.07) is 10.9. The highest BCUT2D eigenvalue weighted by Gasteiger charge is 2.30. The van der Waals surface area contributed by atoms with Crippen LogP contribution in [0.1, 0.15) is 35.6 Å². The van der Waals surface area contributed by atoms with E-state index in [1.807, 2.05) is 6.92 Å². The number of benzene rings is 2. The van der Waals surface area contributed by atoms with Crippen LogP contribution in [0.3, 0.4) is 0 Å². The molecule has 1 amide bonds. The standard InChI is InChI=1S/C23H23F3N4O4S/c1-3-30-19(13-34-18-7-5-6-16(12-18)23(24,25)26)28-29-22(30)35-14-20(31)27-17-10-8-15(9-11-17)21(32)33-4-2/h5-12H,3-4,13-14H2,1-2H3,(H,27,31). The lowest BCUT2D eigenvalue weighted by Crippen LogP contribution is -2.15. The third-order valence-electron chi connectivity index (χ3n) is 4.65. The number of carbonyl (C=O) groups excluding carboxylic acids is 2. The number of anilines is 1. The maximum Gasteiger partial charge on any atom is 0.416 e. The average Bonchev–Trinajstić information content (AvgIpc) is 3.23. The van der Waals surface area contributed by atoms with Gasteiger partial charge in [-0.05, 0) is 56.3 Å². The van der Waals surface area contributed by atoms with Gasteiger partial charge in [-0.2, -0.15) is 13.2 Å². The van der Waals surface area contributed by atoms with Crippen molar-refractivity contribution in [3.8, 4) is 5.75 Å². The van der Waals surface area contributed by atoms with E-state index in [4.69, 9.17) is 9.47 Å². The van der Waals surface area contributed by atoms with Crippen molar-refractivity contribution in [3.05, 3.63) is 65.5 Å². The van der Waals surface area contributed by atoms with E-state index in [1.165, 1.54) is 12.1 Å². The number of thioether (sulfide) groups is 1. The maximum atomic E-state index is 12.9. The van der Waals surface area contributed by atoms with E-state index in [0.29, 0.717) is 28.8 Å². The molecule has 2 aromatic carbocycles.